The van der Waals surface area contributed by atoms with Gasteiger partial charge in [0.05, 0.1) is 6.42 Å². The molecular weight excluding hydrogens is 439 g/mol. The number of amides is 2. The van der Waals surface area contributed by atoms with Gasteiger partial charge in [-0.3, -0.25) is 9.59 Å². The predicted octanol–water partition coefficient (Wildman–Crippen LogP) is 5.54. The lowest BCUT2D eigenvalue weighted by molar-refractivity contribution is -0.141. The number of rotatable bonds is 10. The molecule has 0 spiro atoms. The number of benzene rings is 3. The van der Waals surface area contributed by atoms with E-state index in [9.17, 15) is 14.0 Å². The summed E-state index contributed by atoms with van der Waals surface area (Å²) in [6, 6.07) is 21.3. The smallest absolute Gasteiger partial charge is 0.243 e. The maximum absolute atomic E-state index is 14.7. The van der Waals surface area contributed by atoms with Crippen LogP contribution in [0.2, 0.25) is 0 Å². The SMILES string of the molecule is CC[C@H](C)NC(=O)[C@H](Cc1ccccc1)N(Cc1ccccc1F)C(=O)Cc1cc(C)cc(C)c1. The number of hydrogen-bond donors (Lipinski definition) is 1. The minimum atomic E-state index is -0.774. The second kappa shape index (κ2) is 12.3. The van der Waals surface area contributed by atoms with Crippen molar-refractivity contribution in [2.24, 2.45) is 0 Å². The number of carbonyl (C=O) groups excluding carboxylic acids is 2. The fourth-order valence-electron chi connectivity index (χ4n) is 4.25. The van der Waals surface area contributed by atoms with Gasteiger partial charge in [-0.1, -0.05) is 84.8 Å². The zero-order valence-corrected chi connectivity index (χ0v) is 21.1. The third-order valence-electron chi connectivity index (χ3n) is 6.21. The summed E-state index contributed by atoms with van der Waals surface area (Å²) in [5, 5.41) is 3.04. The van der Waals surface area contributed by atoms with Gasteiger partial charge >= 0.3 is 0 Å². The number of nitrogens with zero attached hydrogens (tertiary/aromatic N) is 1. The fourth-order valence-corrected chi connectivity index (χ4v) is 4.25. The minimum absolute atomic E-state index is 0.0156. The van der Waals surface area contributed by atoms with Gasteiger partial charge in [-0.15, -0.1) is 0 Å². The second-order valence-electron chi connectivity index (χ2n) is 9.31. The van der Waals surface area contributed by atoms with Crippen LogP contribution in [0.15, 0.2) is 72.8 Å². The lowest BCUT2D eigenvalue weighted by Gasteiger charge is -2.32. The third kappa shape index (κ3) is 7.51. The van der Waals surface area contributed by atoms with Gasteiger partial charge in [-0.2, -0.15) is 0 Å². The van der Waals surface area contributed by atoms with Crippen molar-refractivity contribution < 1.29 is 14.0 Å². The van der Waals surface area contributed by atoms with Gasteiger partial charge in [0.25, 0.3) is 0 Å². The Morgan fingerprint density at radius 2 is 1.54 bits per heavy atom. The zero-order chi connectivity index (χ0) is 25.4. The van der Waals surface area contributed by atoms with E-state index in [1.165, 1.54) is 6.07 Å². The van der Waals surface area contributed by atoms with E-state index in [-0.39, 0.29) is 30.8 Å². The van der Waals surface area contributed by atoms with Crippen molar-refractivity contribution in [3.05, 3.63) is 106 Å². The van der Waals surface area contributed by atoms with Crippen LogP contribution in [-0.4, -0.2) is 28.8 Å². The topological polar surface area (TPSA) is 49.4 Å². The van der Waals surface area contributed by atoms with E-state index in [1.807, 2.05) is 70.2 Å². The summed E-state index contributed by atoms with van der Waals surface area (Å²) in [4.78, 5) is 28.8. The molecule has 0 aromatic heterocycles. The quantitative estimate of drug-likeness (QED) is 0.419. The molecule has 5 heteroatoms. The van der Waals surface area contributed by atoms with Gasteiger partial charge in [0.2, 0.25) is 11.8 Å². The molecule has 1 N–H and O–H groups in total. The molecular formula is C30H35FN2O2. The predicted molar refractivity (Wildman–Crippen MR) is 138 cm³/mol. The van der Waals surface area contributed by atoms with Crippen molar-refractivity contribution in [3.63, 3.8) is 0 Å². The normalized spacial score (nSPS) is 12.6. The Labute approximate surface area is 208 Å². The molecule has 0 aliphatic heterocycles. The Morgan fingerprint density at radius 1 is 0.914 bits per heavy atom. The van der Waals surface area contributed by atoms with Crippen molar-refractivity contribution in [3.8, 4) is 0 Å². The van der Waals surface area contributed by atoms with E-state index in [2.05, 4.69) is 11.4 Å². The first-order chi connectivity index (χ1) is 16.8. The highest BCUT2D eigenvalue weighted by atomic mass is 19.1. The van der Waals surface area contributed by atoms with E-state index < -0.39 is 11.9 Å². The molecule has 0 heterocycles. The summed E-state index contributed by atoms with van der Waals surface area (Å²) in [6.45, 7) is 7.95. The molecule has 0 aliphatic carbocycles. The average Bonchev–Trinajstić information content (AvgIpc) is 2.82. The van der Waals surface area contributed by atoms with Gasteiger partial charge in [0.1, 0.15) is 11.9 Å². The van der Waals surface area contributed by atoms with Crippen LogP contribution in [0, 0.1) is 19.7 Å². The van der Waals surface area contributed by atoms with Crippen molar-refractivity contribution in [1.29, 1.82) is 0 Å². The lowest BCUT2D eigenvalue weighted by atomic mass is 10.00. The van der Waals surface area contributed by atoms with Crippen LogP contribution in [0.4, 0.5) is 4.39 Å². The summed E-state index contributed by atoms with van der Waals surface area (Å²) in [5.74, 6) is -0.829. The van der Waals surface area contributed by atoms with Gasteiger partial charge in [-0.25, -0.2) is 4.39 Å². The van der Waals surface area contributed by atoms with Gasteiger partial charge in [-0.05, 0) is 44.4 Å². The summed E-state index contributed by atoms with van der Waals surface area (Å²) in [7, 11) is 0. The Kier molecular flexibility index (Phi) is 9.18. The van der Waals surface area contributed by atoms with Crippen LogP contribution in [0.1, 0.15) is 48.1 Å². The van der Waals surface area contributed by atoms with Gasteiger partial charge < -0.3 is 10.2 Å². The van der Waals surface area contributed by atoms with Crippen LogP contribution < -0.4 is 5.32 Å². The Bertz CT molecular complexity index is 1130. The highest BCUT2D eigenvalue weighted by molar-refractivity contribution is 5.89. The van der Waals surface area contributed by atoms with Gasteiger partial charge in [0.15, 0.2) is 0 Å². The Morgan fingerprint density at radius 3 is 2.17 bits per heavy atom. The molecule has 3 aromatic rings. The van der Waals surface area contributed by atoms with Crippen LogP contribution in [0.5, 0.6) is 0 Å². The van der Waals surface area contributed by atoms with Crippen molar-refractivity contribution in [2.45, 2.75) is 65.6 Å². The second-order valence-corrected chi connectivity index (χ2v) is 9.31. The molecule has 0 radical (unpaired) electrons. The summed E-state index contributed by atoms with van der Waals surface area (Å²) in [6.07, 6.45) is 1.25. The lowest BCUT2D eigenvalue weighted by Crippen LogP contribution is -2.52. The number of nitrogens with one attached hydrogen (secondary N) is 1. The van der Waals surface area contributed by atoms with Crippen LogP contribution in [0.3, 0.4) is 0 Å². The molecule has 0 saturated heterocycles. The summed E-state index contributed by atoms with van der Waals surface area (Å²) in [5.41, 5.74) is 4.35. The maximum Gasteiger partial charge on any atom is 0.243 e. The molecule has 0 saturated carbocycles. The zero-order valence-electron chi connectivity index (χ0n) is 21.1. The average molecular weight is 475 g/mol. The van der Waals surface area contributed by atoms with Crippen molar-refractivity contribution in [2.75, 3.05) is 0 Å². The van der Waals surface area contributed by atoms with E-state index in [0.717, 1.165) is 28.7 Å². The molecule has 184 valence electrons. The number of aryl methyl sites for hydroxylation is 2. The Balaban J connectivity index is 2.00. The van der Waals surface area contributed by atoms with E-state index in [4.69, 9.17) is 0 Å². The van der Waals surface area contributed by atoms with Crippen molar-refractivity contribution in [1.82, 2.24) is 10.2 Å². The summed E-state index contributed by atoms with van der Waals surface area (Å²) >= 11 is 0. The molecule has 0 fully saturated rings. The van der Waals surface area contributed by atoms with E-state index in [1.54, 1.807) is 23.1 Å². The van der Waals surface area contributed by atoms with Crippen molar-refractivity contribution >= 4 is 11.8 Å². The molecule has 3 rings (SSSR count). The first-order valence-corrected chi connectivity index (χ1v) is 12.2. The highest BCUT2D eigenvalue weighted by Crippen LogP contribution is 2.19. The van der Waals surface area contributed by atoms with Crippen LogP contribution >= 0.6 is 0 Å². The minimum Gasteiger partial charge on any atom is -0.352 e. The molecule has 4 nitrogen and oxygen atoms in total. The number of halogens is 1. The van der Waals surface area contributed by atoms with Gasteiger partial charge in [0, 0.05) is 24.6 Å². The molecule has 0 aliphatic rings. The standard InChI is InChI=1S/C30H35FN2O2/c1-5-23(4)32-30(35)28(18-24-11-7-6-8-12-24)33(20-26-13-9-10-14-27(26)31)29(34)19-25-16-21(2)15-22(3)17-25/h6-17,23,28H,5,18-20H2,1-4H3,(H,32,35)/t23-,28-/m0/s1. The van der Waals surface area contributed by atoms with Crippen LogP contribution in [-0.2, 0) is 29.0 Å². The highest BCUT2D eigenvalue weighted by Gasteiger charge is 2.31. The monoisotopic (exact) mass is 474 g/mol. The first kappa shape index (κ1) is 26.1. The molecule has 2 amide bonds. The maximum atomic E-state index is 14.7. The van der Waals surface area contributed by atoms with E-state index in [0.29, 0.717) is 12.0 Å². The summed E-state index contributed by atoms with van der Waals surface area (Å²) < 4.78 is 14.7. The molecule has 0 bridgehead atoms. The first-order valence-electron chi connectivity index (χ1n) is 12.2. The third-order valence-corrected chi connectivity index (χ3v) is 6.21. The molecule has 2 atom stereocenters. The largest absolute Gasteiger partial charge is 0.352 e. The molecule has 0 unspecified atom stereocenters. The molecule has 3 aromatic carbocycles. The number of hydrogen-bond acceptors (Lipinski definition) is 2. The fraction of sp³-hybridized carbons (Fsp3) is 0.333. The van der Waals surface area contributed by atoms with E-state index >= 15 is 0 Å². The van der Waals surface area contributed by atoms with Crippen LogP contribution in [0.25, 0.3) is 0 Å². The Hall–Kier alpha value is -3.47. The number of carbonyl (C=O) groups is 2. The molecule has 35 heavy (non-hydrogen) atoms.